The zero-order valence-corrected chi connectivity index (χ0v) is 23.3. The van der Waals surface area contributed by atoms with Gasteiger partial charge in [-0.05, 0) is 61.7 Å². The normalized spacial score (nSPS) is 11.2. The lowest BCUT2D eigenvalue weighted by atomic mass is 10.1. The van der Waals surface area contributed by atoms with Crippen molar-refractivity contribution in [3.05, 3.63) is 106 Å². The molecule has 0 saturated carbocycles. The number of allylic oxidation sites excluding steroid dienone is 1. The number of carbonyl (C=O) groups excluding carboxylic acids is 2. The van der Waals surface area contributed by atoms with Gasteiger partial charge in [-0.25, -0.2) is 9.78 Å². The topological polar surface area (TPSA) is 105 Å². The van der Waals surface area contributed by atoms with Crippen molar-refractivity contribution in [1.29, 1.82) is 5.26 Å². The first-order chi connectivity index (χ1) is 19.4. The number of aromatic nitrogens is 1. The van der Waals surface area contributed by atoms with Gasteiger partial charge in [0.05, 0.1) is 22.6 Å². The molecule has 0 spiro atoms. The molecule has 0 unspecified atom stereocenters. The number of aryl methyl sites for hydroxylation is 1. The van der Waals surface area contributed by atoms with Crippen molar-refractivity contribution in [1.82, 2.24) is 4.98 Å². The molecular formula is C31H23N3O4S2. The summed E-state index contributed by atoms with van der Waals surface area (Å²) in [5.41, 5.74) is 3.75. The summed E-state index contributed by atoms with van der Waals surface area (Å²) in [6.45, 7) is 4.03. The monoisotopic (exact) mass is 565 g/mol. The highest BCUT2D eigenvalue weighted by Gasteiger charge is 2.20. The van der Waals surface area contributed by atoms with Crippen LogP contribution in [0.25, 0.3) is 33.5 Å². The molecule has 1 N–H and O–H groups in total. The number of rotatable bonds is 8. The number of esters is 1. The fourth-order valence-corrected chi connectivity index (χ4v) is 5.56. The van der Waals surface area contributed by atoms with E-state index in [0.29, 0.717) is 50.5 Å². The average molecular weight is 566 g/mol. The Hall–Kier alpha value is -4.78. The summed E-state index contributed by atoms with van der Waals surface area (Å²) in [6.07, 6.45) is 1.62. The quantitative estimate of drug-likeness (QED) is 0.151. The highest BCUT2D eigenvalue weighted by atomic mass is 32.1. The van der Waals surface area contributed by atoms with Gasteiger partial charge in [0.25, 0.3) is 5.91 Å². The maximum atomic E-state index is 13.0. The van der Waals surface area contributed by atoms with Gasteiger partial charge in [0.2, 0.25) is 0 Å². The second-order valence-electron chi connectivity index (χ2n) is 8.66. The largest absolute Gasteiger partial charge is 0.462 e. The van der Waals surface area contributed by atoms with E-state index in [1.54, 1.807) is 61.5 Å². The molecule has 9 heteroatoms. The zero-order chi connectivity index (χ0) is 28.1. The number of hydrogen-bond donors (Lipinski definition) is 1. The molecule has 0 atom stereocenters. The van der Waals surface area contributed by atoms with Crippen LogP contribution in [-0.2, 0) is 4.74 Å². The van der Waals surface area contributed by atoms with E-state index >= 15 is 0 Å². The predicted octanol–water partition coefficient (Wildman–Crippen LogP) is 7.93. The summed E-state index contributed by atoms with van der Waals surface area (Å²) in [6, 6.07) is 23.8. The van der Waals surface area contributed by atoms with E-state index in [1.807, 2.05) is 36.6 Å². The molecule has 0 bridgehead atoms. The number of furan rings is 1. The molecule has 3 aromatic heterocycles. The van der Waals surface area contributed by atoms with E-state index in [2.05, 4.69) is 11.4 Å². The van der Waals surface area contributed by atoms with Gasteiger partial charge in [-0.2, -0.15) is 5.26 Å². The predicted molar refractivity (Wildman–Crippen MR) is 158 cm³/mol. The van der Waals surface area contributed by atoms with E-state index in [1.165, 1.54) is 22.7 Å². The van der Waals surface area contributed by atoms with E-state index in [4.69, 9.17) is 14.1 Å². The number of anilines is 1. The first kappa shape index (κ1) is 26.8. The molecule has 3 heterocycles. The Labute approximate surface area is 239 Å². The van der Waals surface area contributed by atoms with Crippen LogP contribution in [0.15, 0.2) is 82.6 Å². The molecule has 5 aromatic rings. The molecule has 5 rings (SSSR count). The number of ether oxygens (including phenoxy) is 1. The number of nitriles is 1. The summed E-state index contributed by atoms with van der Waals surface area (Å²) in [7, 11) is 0. The van der Waals surface area contributed by atoms with Crippen molar-refractivity contribution in [2.24, 2.45) is 0 Å². The molecule has 40 heavy (non-hydrogen) atoms. The number of hydrogen-bond acceptors (Lipinski definition) is 8. The van der Waals surface area contributed by atoms with Crippen LogP contribution in [0.5, 0.6) is 0 Å². The van der Waals surface area contributed by atoms with Gasteiger partial charge >= 0.3 is 5.97 Å². The third-order valence-electron chi connectivity index (χ3n) is 5.87. The third kappa shape index (κ3) is 5.94. The molecule has 0 fully saturated rings. The molecule has 2 aromatic carbocycles. The SMILES string of the molecule is CCOC(=O)c1ccc(-c2ccc(C=C(C#N)c3nc(-c4cccs4)c(NC(=O)c4ccc(C)cc4)s3)o2)cc1. The van der Waals surface area contributed by atoms with Gasteiger partial charge in [0.1, 0.15) is 33.3 Å². The second-order valence-corrected chi connectivity index (χ2v) is 10.6. The van der Waals surface area contributed by atoms with Gasteiger partial charge in [0.15, 0.2) is 0 Å². The number of thiazole rings is 1. The molecule has 0 aliphatic carbocycles. The van der Waals surface area contributed by atoms with E-state index in [0.717, 1.165) is 16.0 Å². The first-order valence-corrected chi connectivity index (χ1v) is 14.1. The molecule has 0 aliphatic rings. The Morgan fingerprint density at radius 1 is 1.05 bits per heavy atom. The Bertz CT molecular complexity index is 1720. The van der Waals surface area contributed by atoms with Crippen LogP contribution in [0, 0.1) is 18.3 Å². The van der Waals surface area contributed by atoms with Crippen LogP contribution in [0.3, 0.4) is 0 Å². The highest BCUT2D eigenvalue weighted by Crippen LogP contribution is 2.39. The van der Waals surface area contributed by atoms with Gasteiger partial charge in [-0.1, -0.05) is 47.2 Å². The maximum absolute atomic E-state index is 13.0. The van der Waals surface area contributed by atoms with Crippen LogP contribution in [-0.4, -0.2) is 23.5 Å². The minimum atomic E-state index is -0.379. The number of amides is 1. The molecule has 0 aliphatic heterocycles. The maximum Gasteiger partial charge on any atom is 0.338 e. The van der Waals surface area contributed by atoms with Crippen molar-refractivity contribution >= 4 is 51.2 Å². The Kier molecular flexibility index (Phi) is 8.01. The number of carbonyl (C=O) groups is 2. The lowest BCUT2D eigenvalue weighted by Crippen LogP contribution is -2.11. The van der Waals surface area contributed by atoms with E-state index in [-0.39, 0.29) is 11.9 Å². The smallest absolute Gasteiger partial charge is 0.338 e. The van der Waals surface area contributed by atoms with Crippen LogP contribution in [0.2, 0.25) is 0 Å². The zero-order valence-electron chi connectivity index (χ0n) is 21.6. The number of nitrogens with one attached hydrogen (secondary N) is 1. The first-order valence-electron chi connectivity index (χ1n) is 12.4. The molecule has 0 radical (unpaired) electrons. The Morgan fingerprint density at radius 3 is 2.48 bits per heavy atom. The van der Waals surface area contributed by atoms with E-state index < -0.39 is 0 Å². The Balaban J connectivity index is 1.42. The molecule has 198 valence electrons. The molecule has 1 amide bonds. The number of benzene rings is 2. The van der Waals surface area contributed by atoms with Crippen LogP contribution in [0.4, 0.5) is 5.00 Å². The lowest BCUT2D eigenvalue weighted by molar-refractivity contribution is 0.0526. The van der Waals surface area contributed by atoms with Crippen molar-refractivity contribution in [3.63, 3.8) is 0 Å². The summed E-state index contributed by atoms with van der Waals surface area (Å²) in [4.78, 5) is 30.5. The van der Waals surface area contributed by atoms with Crippen LogP contribution in [0.1, 0.15) is 44.0 Å². The Morgan fingerprint density at radius 2 is 1.80 bits per heavy atom. The minimum Gasteiger partial charge on any atom is -0.462 e. The van der Waals surface area contributed by atoms with Gasteiger partial charge in [0, 0.05) is 17.2 Å². The van der Waals surface area contributed by atoms with Crippen molar-refractivity contribution in [2.45, 2.75) is 13.8 Å². The number of nitrogens with zero attached hydrogens (tertiary/aromatic N) is 2. The van der Waals surface area contributed by atoms with Crippen molar-refractivity contribution < 1.29 is 18.7 Å². The van der Waals surface area contributed by atoms with Gasteiger partial charge < -0.3 is 14.5 Å². The minimum absolute atomic E-state index is 0.250. The van der Waals surface area contributed by atoms with Gasteiger partial charge in [-0.15, -0.1) is 11.3 Å². The summed E-state index contributed by atoms with van der Waals surface area (Å²) in [5, 5.41) is 15.9. The fourth-order valence-electron chi connectivity index (χ4n) is 3.84. The summed E-state index contributed by atoms with van der Waals surface area (Å²) in [5.74, 6) is 0.429. The molecule has 7 nitrogen and oxygen atoms in total. The molecular weight excluding hydrogens is 542 g/mol. The van der Waals surface area contributed by atoms with Crippen LogP contribution >= 0.6 is 22.7 Å². The standard InChI is InChI=1S/C31H23N3O4S2/c1-3-37-31(36)22-12-10-20(11-13-22)25-15-14-24(38-25)17-23(18-32)29-33-27(26-5-4-16-39-26)30(40-29)34-28(35)21-8-6-19(2)7-9-21/h4-17H,3H2,1-2H3,(H,34,35). The average Bonchev–Trinajstić information content (AvgIpc) is 3.74. The highest BCUT2D eigenvalue weighted by molar-refractivity contribution is 7.19. The third-order valence-corrected chi connectivity index (χ3v) is 7.75. The summed E-state index contributed by atoms with van der Waals surface area (Å²) < 4.78 is 11.0. The lowest BCUT2D eigenvalue weighted by Gasteiger charge is -2.04. The fraction of sp³-hybridized carbons (Fsp3) is 0.0968. The second kappa shape index (κ2) is 11.9. The number of thiophene rings is 1. The van der Waals surface area contributed by atoms with Crippen molar-refractivity contribution in [3.8, 4) is 28.0 Å². The van der Waals surface area contributed by atoms with Crippen LogP contribution < -0.4 is 5.32 Å². The molecule has 0 saturated heterocycles. The van der Waals surface area contributed by atoms with Gasteiger partial charge in [-0.3, -0.25) is 4.79 Å². The summed E-state index contributed by atoms with van der Waals surface area (Å²) >= 11 is 2.74. The van der Waals surface area contributed by atoms with Crippen molar-refractivity contribution in [2.75, 3.05) is 11.9 Å². The van der Waals surface area contributed by atoms with E-state index in [9.17, 15) is 14.9 Å².